The lowest BCUT2D eigenvalue weighted by molar-refractivity contribution is -0.160. The highest BCUT2D eigenvalue weighted by Gasteiger charge is 2.43. The van der Waals surface area contributed by atoms with E-state index < -0.39 is 6.04 Å². The fourth-order valence-corrected chi connectivity index (χ4v) is 4.68. The van der Waals surface area contributed by atoms with E-state index in [2.05, 4.69) is 15.9 Å². The number of halogens is 1. The third kappa shape index (κ3) is 4.00. The molecule has 0 spiro atoms. The molecule has 28 heavy (non-hydrogen) atoms. The van der Waals surface area contributed by atoms with E-state index in [-0.39, 0.29) is 24.4 Å². The Morgan fingerprint density at radius 2 is 1.57 bits per heavy atom. The second-order valence-electron chi connectivity index (χ2n) is 7.73. The van der Waals surface area contributed by atoms with Crippen LogP contribution in [-0.4, -0.2) is 34.2 Å². The van der Waals surface area contributed by atoms with Crippen molar-refractivity contribution in [1.29, 1.82) is 0 Å². The van der Waals surface area contributed by atoms with Crippen LogP contribution in [0.2, 0.25) is 0 Å². The van der Waals surface area contributed by atoms with Gasteiger partial charge in [-0.15, -0.1) is 0 Å². The molecular formula is C23H25BrN2O2. The Balaban J connectivity index is 1.66. The SMILES string of the molecule is O=C1C(c2ccc(Br)cc2)N(C2CCCCC2)C(=O)CN1Cc1ccccc1. The maximum Gasteiger partial charge on any atom is 0.250 e. The summed E-state index contributed by atoms with van der Waals surface area (Å²) in [6.45, 7) is 0.633. The average Bonchev–Trinajstić information content (AvgIpc) is 2.72. The molecule has 2 aromatic rings. The summed E-state index contributed by atoms with van der Waals surface area (Å²) in [6, 6.07) is 17.3. The minimum atomic E-state index is -0.527. The van der Waals surface area contributed by atoms with Crippen molar-refractivity contribution in [2.45, 2.75) is 50.7 Å². The first kappa shape index (κ1) is 19.2. The lowest BCUT2D eigenvalue weighted by atomic mass is 9.90. The summed E-state index contributed by atoms with van der Waals surface area (Å²) in [5.74, 6) is 0.0895. The highest BCUT2D eigenvalue weighted by atomic mass is 79.9. The van der Waals surface area contributed by atoms with Gasteiger partial charge in [-0.05, 0) is 36.1 Å². The van der Waals surface area contributed by atoms with Gasteiger partial charge in [0.05, 0.1) is 0 Å². The molecule has 0 radical (unpaired) electrons. The van der Waals surface area contributed by atoms with Crippen LogP contribution in [0, 0.1) is 0 Å². The van der Waals surface area contributed by atoms with Crippen molar-refractivity contribution in [3.63, 3.8) is 0 Å². The second kappa shape index (κ2) is 8.48. The largest absolute Gasteiger partial charge is 0.327 e. The molecule has 1 heterocycles. The minimum Gasteiger partial charge on any atom is -0.327 e. The van der Waals surface area contributed by atoms with Gasteiger partial charge in [0, 0.05) is 17.1 Å². The van der Waals surface area contributed by atoms with Crippen molar-refractivity contribution in [1.82, 2.24) is 9.80 Å². The molecule has 2 fully saturated rings. The second-order valence-corrected chi connectivity index (χ2v) is 8.64. The van der Waals surface area contributed by atoms with Crippen molar-refractivity contribution in [3.8, 4) is 0 Å². The van der Waals surface area contributed by atoms with Gasteiger partial charge in [0.1, 0.15) is 12.6 Å². The van der Waals surface area contributed by atoms with Gasteiger partial charge >= 0.3 is 0 Å². The highest BCUT2D eigenvalue weighted by molar-refractivity contribution is 9.10. The van der Waals surface area contributed by atoms with E-state index in [0.717, 1.165) is 41.3 Å². The van der Waals surface area contributed by atoms with Gasteiger partial charge in [-0.2, -0.15) is 0 Å². The van der Waals surface area contributed by atoms with Gasteiger partial charge in [-0.25, -0.2) is 0 Å². The summed E-state index contributed by atoms with van der Waals surface area (Å²) in [5, 5.41) is 0. The van der Waals surface area contributed by atoms with Crippen molar-refractivity contribution in [3.05, 3.63) is 70.2 Å². The standard InChI is InChI=1S/C23H25BrN2O2/c24-19-13-11-18(12-14-19)22-23(28)25(15-17-7-3-1-4-8-17)16-21(27)26(22)20-9-5-2-6-10-20/h1,3-4,7-8,11-14,20,22H,2,5-6,9-10,15-16H2. The number of rotatable bonds is 4. The van der Waals surface area contributed by atoms with E-state index in [4.69, 9.17) is 0 Å². The Bertz CT molecular complexity index is 831. The van der Waals surface area contributed by atoms with E-state index in [1.807, 2.05) is 59.5 Å². The molecule has 1 saturated heterocycles. The van der Waals surface area contributed by atoms with Gasteiger partial charge in [-0.3, -0.25) is 9.59 Å². The third-order valence-electron chi connectivity index (χ3n) is 5.81. The van der Waals surface area contributed by atoms with Crippen LogP contribution in [0.1, 0.15) is 49.3 Å². The van der Waals surface area contributed by atoms with Crippen molar-refractivity contribution in [2.24, 2.45) is 0 Å². The van der Waals surface area contributed by atoms with E-state index in [9.17, 15) is 9.59 Å². The van der Waals surface area contributed by atoms with Crippen LogP contribution in [0.3, 0.4) is 0 Å². The smallest absolute Gasteiger partial charge is 0.250 e. The van der Waals surface area contributed by atoms with Crippen molar-refractivity contribution >= 4 is 27.7 Å². The average molecular weight is 441 g/mol. The zero-order valence-electron chi connectivity index (χ0n) is 15.9. The van der Waals surface area contributed by atoms with Crippen molar-refractivity contribution in [2.75, 3.05) is 6.54 Å². The van der Waals surface area contributed by atoms with Gasteiger partial charge in [-0.1, -0.05) is 77.7 Å². The fourth-order valence-electron chi connectivity index (χ4n) is 4.42. The number of carbonyl (C=O) groups excluding carboxylic acids is 2. The minimum absolute atomic E-state index is 0.0244. The number of piperazine rings is 1. The molecular weight excluding hydrogens is 416 g/mol. The molecule has 4 rings (SSSR count). The third-order valence-corrected chi connectivity index (χ3v) is 6.34. The zero-order valence-corrected chi connectivity index (χ0v) is 17.5. The van der Waals surface area contributed by atoms with Gasteiger partial charge in [0.15, 0.2) is 0 Å². The van der Waals surface area contributed by atoms with E-state index in [1.165, 1.54) is 6.42 Å². The van der Waals surface area contributed by atoms with Crippen LogP contribution in [0.5, 0.6) is 0 Å². The monoisotopic (exact) mass is 440 g/mol. The first-order valence-corrected chi connectivity index (χ1v) is 10.8. The number of amides is 2. The van der Waals surface area contributed by atoms with Gasteiger partial charge in [0.2, 0.25) is 5.91 Å². The first-order chi connectivity index (χ1) is 13.6. The zero-order chi connectivity index (χ0) is 19.5. The molecule has 1 atom stereocenters. The number of carbonyl (C=O) groups is 2. The van der Waals surface area contributed by atoms with E-state index in [0.29, 0.717) is 6.54 Å². The molecule has 4 nitrogen and oxygen atoms in total. The van der Waals surface area contributed by atoms with Crippen LogP contribution in [0.4, 0.5) is 0 Å². The number of hydrogen-bond donors (Lipinski definition) is 0. The predicted molar refractivity (Wildman–Crippen MR) is 112 cm³/mol. The molecule has 146 valence electrons. The Hall–Kier alpha value is -2.14. The molecule has 1 unspecified atom stereocenters. The van der Waals surface area contributed by atoms with Crippen LogP contribution < -0.4 is 0 Å². The maximum absolute atomic E-state index is 13.5. The molecule has 1 aliphatic heterocycles. The van der Waals surface area contributed by atoms with Crippen LogP contribution >= 0.6 is 15.9 Å². The summed E-state index contributed by atoms with van der Waals surface area (Å²) in [7, 11) is 0. The normalized spacial score (nSPS) is 21.2. The lowest BCUT2D eigenvalue weighted by Gasteiger charge is -2.45. The Kier molecular flexibility index (Phi) is 5.81. The summed E-state index contributed by atoms with van der Waals surface area (Å²) in [4.78, 5) is 30.4. The Morgan fingerprint density at radius 1 is 0.893 bits per heavy atom. The lowest BCUT2D eigenvalue weighted by Crippen LogP contribution is -2.58. The topological polar surface area (TPSA) is 40.6 Å². The van der Waals surface area contributed by atoms with Gasteiger partial charge in [0.25, 0.3) is 5.91 Å². The number of benzene rings is 2. The van der Waals surface area contributed by atoms with Gasteiger partial charge < -0.3 is 9.80 Å². The molecule has 5 heteroatoms. The number of nitrogens with zero attached hydrogens (tertiary/aromatic N) is 2. The maximum atomic E-state index is 13.5. The molecule has 2 aliphatic rings. The molecule has 2 aromatic carbocycles. The summed E-state index contributed by atoms with van der Waals surface area (Å²) < 4.78 is 0.969. The molecule has 1 saturated carbocycles. The molecule has 2 amide bonds. The van der Waals surface area contributed by atoms with Crippen LogP contribution in [-0.2, 0) is 16.1 Å². The predicted octanol–water partition coefficient (Wildman–Crippen LogP) is 4.69. The molecule has 1 aliphatic carbocycles. The van der Waals surface area contributed by atoms with Crippen molar-refractivity contribution < 1.29 is 9.59 Å². The van der Waals surface area contributed by atoms with E-state index in [1.54, 1.807) is 4.90 Å². The summed E-state index contributed by atoms with van der Waals surface area (Å²) >= 11 is 3.47. The highest BCUT2D eigenvalue weighted by Crippen LogP contribution is 2.35. The quantitative estimate of drug-likeness (QED) is 0.691. The Labute approximate surface area is 174 Å². The van der Waals surface area contributed by atoms with Crippen LogP contribution in [0.25, 0.3) is 0 Å². The first-order valence-electron chi connectivity index (χ1n) is 10.0. The van der Waals surface area contributed by atoms with Crippen LogP contribution in [0.15, 0.2) is 59.1 Å². The summed E-state index contributed by atoms with van der Waals surface area (Å²) in [6.07, 6.45) is 5.46. The molecule has 0 aromatic heterocycles. The van der Waals surface area contributed by atoms with E-state index >= 15 is 0 Å². The number of hydrogen-bond acceptors (Lipinski definition) is 2. The molecule has 0 bridgehead atoms. The fraction of sp³-hybridized carbons (Fsp3) is 0.391. The summed E-state index contributed by atoms with van der Waals surface area (Å²) in [5.41, 5.74) is 1.94. The Morgan fingerprint density at radius 3 is 2.25 bits per heavy atom. The molecule has 0 N–H and O–H groups in total.